The molecule has 0 N–H and O–H groups in total. The van der Waals surface area contributed by atoms with E-state index in [0.29, 0.717) is 0 Å². The molecular formula is C19H29N3O2. The third-order valence-electron chi connectivity index (χ3n) is 5.15. The minimum atomic E-state index is 0.0556. The topological polar surface area (TPSA) is 36.0 Å². The van der Waals surface area contributed by atoms with Crippen molar-refractivity contribution < 1.29 is 9.53 Å². The van der Waals surface area contributed by atoms with Gasteiger partial charge in [0.05, 0.1) is 6.04 Å². The molecule has 5 nitrogen and oxygen atoms in total. The van der Waals surface area contributed by atoms with Gasteiger partial charge in [-0.15, -0.1) is 0 Å². The van der Waals surface area contributed by atoms with Gasteiger partial charge in [0.15, 0.2) is 0 Å². The second kappa shape index (κ2) is 8.60. The maximum atomic E-state index is 13.0. The average molecular weight is 331 g/mol. The summed E-state index contributed by atoms with van der Waals surface area (Å²) in [5, 5.41) is 0. The van der Waals surface area contributed by atoms with E-state index in [9.17, 15) is 4.79 Å². The summed E-state index contributed by atoms with van der Waals surface area (Å²) in [5.74, 6) is 0.278. The van der Waals surface area contributed by atoms with Gasteiger partial charge >= 0.3 is 0 Å². The summed E-state index contributed by atoms with van der Waals surface area (Å²) in [7, 11) is 1.76. The van der Waals surface area contributed by atoms with E-state index in [2.05, 4.69) is 9.80 Å². The SMILES string of the molecule is COCCCN1CCN(C2CCCN(c3ccccc3)C2=O)CC1. The first-order valence-electron chi connectivity index (χ1n) is 9.11. The largest absolute Gasteiger partial charge is 0.385 e. The molecular weight excluding hydrogens is 302 g/mol. The molecule has 0 aliphatic carbocycles. The smallest absolute Gasteiger partial charge is 0.244 e. The van der Waals surface area contributed by atoms with Crippen molar-refractivity contribution in [2.24, 2.45) is 0 Å². The number of carbonyl (C=O) groups excluding carboxylic acids is 1. The Hall–Kier alpha value is -1.43. The van der Waals surface area contributed by atoms with E-state index in [1.165, 1.54) is 0 Å². The highest BCUT2D eigenvalue weighted by atomic mass is 16.5. The van der Waals surface area contributed by atoms with Crippen LogP contribution in [0.4, 0.5) is 5.69 Å². The fraction of sp³-hybridized carbons (Fsp3) is 0.632. The van der Waals surface area contributed by atoms with Crippen molar-refractivity contribution in [2.45, 2.75) is 25.3 Å². The molecule has 0 spiro atoms. The molecule has 1 aromatic carbocycles. The number of anilines is 1. The molecule has 2 heterocycles. The van der Waals surface area contributed by atoms with Crippen LogP contribution in [0.3, 0.4) is 0 Å². The van der Waals surface area contributed by atoms with Crippen molar-refractivity contribution >= 4 is 11.6 Å². The summed E-state index contributed by atoms with van der Waals surface area (Å²) < 4.78 is 5.13. The highest BCUT2D eigenvalue weighted by Crippen LogP contribution is 2.24. The Bertz CT molecular complexity index is 515. The standard InChI is InChI=1S/C19H29N3O2/c1-24-16-6-10-20-12-14-21(15-13-20)18-9-5-11-22(19(18)23)17-7-3-2-4-8-17/h2-4,7-8,18H,5-6,9-16H2,1H3. The van der Waals surface area contributed by atoms with Crippen LogP contribution in [0.1, 0.15) is 19.3 Å². The van der Waals surface area contributed by atoms with E-state index >= 15 is 0 Å². The van der Waals surface area contributed by atoms with E-state index in [1.54, 1.807) is 7.11 Å². The van der Waals surface area contributed by atoms with Crippen LogP contribution in [0.2, 0.25) is 0 Å². The van der Waals surface area contributed by atoms with Gasteiger partial charge in [-0.1, -0.05) is 18.2 Å². The van der Waals surface area contributed by atoms with Gasteiger partial charge in [0, 0.05) is 58.7 Å². The van der Waals surface area contributed by atoms with Crippen molar-refractivity contribution in [1.82, 2.24) is 9.80 Å². The number of piperazine rings is 1. The van der Waals surface area contributed by atoms with Crippen LogP contribution in [0.15, 0.2) is 30.3 Å². The van der Waals surface area contributed by atoms with Gasteiger partial charge in [0.1, 0.15) is 0 Å². The molecule has 0 saturated carbocycles. The van der Waals surface area contributed by atoms with Crippen LogP contribution in [-0.4, -0.2) is 74.7 Å². The van der Waals surface area contributed by atoms with Crippen molar-refractivity contribution in [3.63, 3.8) is 0 Å². The van der Waals surface area contributed by atoms with Gasteiger partial charge in [0.25, 0.3) is 0 Å². The predicted molar refractivity (Wildman–Crippen MR) is 96.3 cm³/mol. The van der Waals surface area contributed by atoms with Gasteiger partial charge in [-0.05, 0) is 31.4 Å². The normalized spacial score (nSPS) is 23.6. The first-order valence-corrected chi connectivity index (χ1v) is 9.11. The van der Waals surface area contributed by atoms with Gasteiger partial charge in [0.2, 0.25) is 5.91 Å². The molecule has 132 valence electrons. The first-order chi connectivity index (χ1) is 11.8. The molecule has 1 atom stereocenters. The van der Waals surface area contributed by atoms with Crippen LogP contribution in [-0.2, 0) is 9.53 Å². The van der Waals surface area contributed by atoms with Crippen molar-refractivity contribution in [3.8, 4) is 0 Å². The number of piperidine rings is 1. The number of methoxy groups -OCH3 is 1. The Labute approximate surface area is 145 Å². The molecule has 1 unspecified atom stereocenters. The monoisotopic (exact) mass is 331 g/mol. The minimum absolute atomic E-state index is 0.0556. The lowest BCUT2D eigenvalue weighted by Gasteiger charge is -2.42. The lowest BCUT2D eigenvalue weighted by Crippen LogP contribution is -2.57. The lowest BCUT2D eigenvalue weighted by atomic mass is 10.0. The highest BCUT2D eigenvalue weighted by molar-refractivity contribution is 5.97. The maximum absolute atomic E-state index is 13.0. The van der Waals surface area contributed by atoms with Crippen molar-refractivity contribution in [3.05, 3.63) is 30.3 Å². The summed E-state index contributed by atoms with van der Waals surface area (Å²) in [6, 6.07) is 10.1. The summed E-state index contributed by atoms with van der Waals surface area (Å²) in [6.07, 6.45) is 3.16. The molecule has 2 aliphatic rings. The summed E-state index contributed by atoms with van der Waals surface area (Å²) in [6.45, 7) is 6.86. The van der Waals surface area contributed by atoms with Crippen LogP contribution in [0, 0.1) is 0 Å². The van der Waals surface area contributed by atoms with Gasteiger partial charge in [-0.3, -0.25) is 9.69 Å². The molecule has 1 amide bonds. The number of hydrogen-bond donors (Lipinski definition) is 0. The Morgan fingerprint density at radius 3 is 2.54 bits per heavy atom. The summed E-state index contributed by atoms with van der Waals surface area (Å²) >= 11 is 0. The molecule has 3 rings (SSSR count). The fourth-order valence-corrected chi connectivity index (χ4v) is 3.79. The molecule has 24 heavy (non-hydrogen) atoms. The molecule has 1 aromatic rings. The van der Waals surface area contributed by atoms with E-state index in [-0.39, 0.29) is 11.9 Å². The molecule has 2 aliphatic heterocycles. The number of amides is 1. The first kappa shape index (κ1) is 17.4. The average Bonchev–Trinajstić information content (AvgIpc) is 2.64. The van der Waals surface area contributed by atoms with Gasteiger partial charge in [-0.2, -0.15) is 0 Å². The van der Waals surface area contributed by atoms with E-state index in [0.717, 1.165) is 70.8 Å². The van der Waals surface area contributed by atoms with Crippen LogP contribution >= 0.6 is 0 Å². The molecule has 5 heteroatoms. The molecule has 2 saturated heterocycles. The molecule has 2 fully saturated rings. The van der Waals surface area contributed by atoms with Gasteiger partial charge < -0.3 is 14.5 Å². The van der Waals surface area contributed by atoms with E-state index in [1.807, 2.05) is 35.2 Å². The fourth-order valence-electron chi connectivity index (χ4n) is 3.79. The Balaban J connectivity index is 1.54. The number of rotatable bonds is 6. The van der Waals surface area contributed by atoms with E-state index in [4.69, 9.17) is 4.74 Å². The Kier molecular flexibility index (Phi) is 6.24. The molecule has 0 radical (unpaired) electrons. The van der Waals surface area contributed by atoms with Crippen LogP contribution < -0.4 is 4.90 Å². The number of nitrogens with zero attached hydrogens (tertiary/aromatic N) is 3. The predicted octanol–water partition coefficient (Wildman–Crippen LogP) is 1.84. The summed E-state index contributed by atoms with van der Waals surface area (Å²) in [5.41, 5.74) is 1.03. The highest BCUT2D eigenvalue weighted by Gasteiger charge is 2.35. The zero-order valence-corrected chi connectivity index (χ0v) is 14.7. The number of hydrogen-bond acceptors (Lipinski definition) is 4. The quantitative estimate of drug-likeness (QED) is 0.745. The van der Waals surface area contributed by atoms with Crippen LogP contribution in [0.5, 0.6) is 0 Å². The second-order valence-electron chi connectivity index (χ2n) is 6.71. The maximum Gasteiger partial charge on any atom is 0.244 e. The van der Waals surface area contributed by atoms with Gasteiger partial charge in [-0.25, -0.2) is 0 Å². The molecule has 0 bridgehead atoms. The third-order valence-corrected chi connectivity index (χ3v) is 5.15. The second-order valence-corrected chi connectivity index (χ2v) is 6.71. The van der Waals surface area contributed by atoms with Crippen molar-refractivity contribution in [1.29, 1.82) is 0 Å². The zero-order valence-electron chi connectivity index (χ0n) is 14.7. The Morgan fingerprint density at radius 2 is 1.83 bits per heavy atom. The zero-order chi connectivity index (χ0) is 16.8. The Morgan fingerprint density at radius 1 is 1.08 bits per heavy atom. The number of carbonyl (C=O) groups is 1. The number of benzene rings is 1. The minimum Gasteiger partial charge on any atom is -0.385 e. The molecule has 0 aromatic heterocycles. The lowest BCUT2D eigenvalue weighted by molar-refractivity contribution is -0.126. The number of ether oxygens (including phenoxy) is 1. The van der Waals surface area contributed by atoms with E-state index < -0.39 is 0 Å². The van der Waals surface area contributed by atoms with Crippen molar-refractivity contribution in [2.75, 3.05) is 57.9 Å². The third kappa shape index (κ3) is 4.15. The van der Waals surface area contributed by atoms with Crippen LogP contribution in [0.25, 0.3) is 0 Å². The summed E-state index contributed by atoms with van der Waals surface area (Å²) in [4.78, 5) is 19.8. The number of para-hydroxylation sites is 1.